The molecule has 0 aromatic carbocycles. The van der Waals surface area contributed by atoms with Crippen molar-refractivity contribution in [2.75, 3.05) is 20.2 Å². The minimum atomic E-state index is -0.242. The van der Waals surface area contributed by atoms with Crippen LogP contribution in [0.15, 0.2) is 0 Å². The van der Waals surface area contributed by atoms with Gasteiger partial charge in [0, 0.05) is 13.1 Å². The molecule has 0 radical (unpaired) electrons. The first-order valence-corrected chi connectivity index (χ1v) is 4.98. The van der Waals surface area contributed by atoms with Crippen LogP contribution in [0.2, 0.25) is 0 Å². The molecule has 0 spiro atoms. The molecule has 4 nitrogen and oxygen atoms in total. The summed E-state index contributed by atoms with van der Waals surface area (Å²) in [7, 11) is 1.37. The predicted octanol–water partition coefficient (Wildman–Crippen LogP) is 0.421. The molecule has 1 heterocycles. The SMILES string of the molecule is C#CCC(=O)N1CCCC(C(=O)OC)C1. The van der Waals surface area contributed by atoms with Crippen LogP contribution >= 0.6 is 0 Å². The van der Waals surface area contributed by atoms with Crippen molar-refractivity contribution >= 4 is 11.9 Å². The largest absolute Gasteiger partial charge is 0.469 e. The van der Waals surface area contributed by atoms with E-state index >= 15 is 0 Å². The van der Waals surface area contributed by atoms with Gasteiger partial charge in [0.15, 0.2) is 0 Å². The number of esters is 1. The van der Waals surface area contributed by atoms with E-state index in [0.29, 0.717) is 13.1 Å². The highest BCUT2D eigenvalue weighted by molar-refractivity contribution is 5.80. The van der Waals surface area contributed by atoms with Crippen LogP contribution in [-0.2, 0) is 14.3 Å². The molecule has 0 aromatic heterocycles. The van der Waals surface area contributed by atoms with Crippen LogP contribution in [0, 0.1) is 18.3 Å². The summed E-state index contributed by atoms with van der Waals surface area (Å²) in [6.07, 6.45) is 6.79. The fourth-order valence-electron chi connectivity index (χ4n) is 1.76. The quantitative estimate of drug-likeness (QED) is 0.489. The van der Waals surface area contributed by atoms with E-state index in [4.69, 9.17) is 6.42 Å². The summed E-state index contributed by atoms with van der Waals surface area (Å²) < 4.78 is 4.66. The predicted molar refractivity (Wildman–Crippen MR) is 54.8 cm³/mol. The first-order valence-electron chi connectivity index (χ1n) is 4.98. The van der Waals surface area contributed by atoms with Crippen molar-refractivity contribution in [3.05, 3.63) is 0 Å². The first kappa shape index (κ1) is 11.6. The average Bonchev–Trinajstić information content (AvgIpc) is 2.28. The van der Waals surface area contributed by atoms with Crippen molar-refractivity contribution in [1.29, 1.82) is 0 Å². The van der Waals surface area contributed by atoms with Crippen LogP contribution in [0.25, 0.3) is 0 Å². The lowest BCUT2D eigenvalue weighted by atomic mass is 9.98. The molecule has 1 aliphatic heterocycles. The molecule has 1 amide bonds. The Morgan fingerprint density at radius 2 is 2.33 bits per heavy atom. The number of rotatable bonds is 2. The normalized spacial score (nSPS) is 20.5. The first-order chi connectivity index (χ1) is 7.19. The number of carbonyl (C=O) groups excluding carboxylic acids is 2. The van der Waals surface area contributed by atoms with E-state index in [2.05, 4.69) is 10.7 Å². The molecule has 0 bridgehead atoms. The molecule has 0 aromatic rings. The number of methoxy groups -OCH3 is 1. The molecule has 1 unspecified atom stereocenters. The van der Waals surface area contributed by atoms with E-state index in [1.807, 2.05) is 0 Å². The van der Waals surface area contributed by atoms with E-state index in [1.54, 1.807) is 4.90 Å². The standard InChI is InChI=1S/C11H15NO3/c1-3-5-10(13)12-7-4-6-9(8-12)11(14)15-2/h1,9H,4-8H2,2H3. The fraction of sp³-hybridized carbons (Fsp3) is 0.636. The number of hydrogen-bond acceptors (Lipinski definition) is 3. The third-order valence-electron chi connectivity index (χ3n) is 2.56. The topological polar surface area (TPSA) is 46.6 Å². The van der Waals surface area contributed by atoms with Gasteiger partial charge in [-0.05, 0) is 12.8 Å². The second kappa shape index (κ2) is 5.40. The van der Waals surface area contributed by atoms with E-state index in [0.717, 1.165) is 12.8 Å². The van der Waals surface area contributed by atoms with E-state index in [1.165, 1.54) is 7.11 Å². The summed E-state index contributed by atoms with van der Waals surface area (Å²) in [6.45, 7) is 1.13. The fourth-order valence-corrected chi connectivity index (χ4v) is 1.76. The maximum Gasteiger partial charge on any atom is 0.310 e. The second-order valence-corrected chi connectivity index (χ2v) is 3.58. The number of piperidine rings is 1. The number of ether oxygens (including phenoxy) is 1. The van der Waals surface area contributed by atoms with Crippen LogP contribution in [-0.4, -0.2) is 37.0 Å². The van der Waals surface area contributed by atoms with E-state index in [9.17, 15) is 9.59 Å². The zero-order valence-corrected chi connectivity index (χ0v) is 8.86. The van der Waals surface area contributed by atoms with Crippen LogP contribution in [0.5, 0.6) is 0 Å². The van der Waals surface area contributed by atoms with Crippen molar-refractivity contribution in [1.82, 2.24) is 4.90 Å². The second-order valence-electron chi connectivity index (χ2n) is 3.58. The van der Waals surface area contributed by atoms with Gasteiger partial charge in [-0.25, -0.2) is 0 Å². The third kappa shape index (κ3) is 2.98. The molecule has 15 heavy (non-hydrogen) atoms. The molecule has 1 aliphatic rings. The molecule has 0 saturated carbocycles. The Hall–Kier alpha value is -1.50. The lowest BCUT2D eigenvalue weighted by Gasteiger charge is -2.30. The van der Waals surface area contributed by atoms with Gasteiger partial charge in [0.05, 0.1) is 19.4 Å². The van der Waals surface area contributed by atoms with Crippen molar-refractivity contribution in [3.63, 3.8) is 0 Å². The number of terminal acetylenes is 1. The van der Waals surface area contributed by atoms with Crippen LogP contribution in [0.1, 0.15) is 19.3 Å². The van der Waals surface area contributed by atoms with Crippen molar-refractivity contribution in [2.45, 2.75) is 19.3 Å². The van der Waals surface area contributed by atoms with Crippen LogP contribution in [0.3, 0.4) is 0 Å². The Morgan fingerprint density at radius 1 is 1.60 bits per heavy atom. The maximum absolute atomic E-state index is 11.5. The molecule has 0 N–H and O–H groups in total. The molecule has 0 aliphatic carbocycles. The van der Waals surface area contributed by atoms with E-state index in [-0.39, 0.29) is 24.2 Å². The Balaban J connectivity index is 2.53. The molecular formula is C11H15NO3. The van der Waals surface area contributed by atoms with Gasteiger partial charge in [-0.15, -0.1) is 6.42 Å². The number of hydrogen-bond donors (Lipinski definition) is 0. The molecule has 1 rings (SSSR count). The summed E-state index contributed by atoms with van der Waals surface area (Å²) in [5.74, 6) is 1.81. The zero-order chi connectivity index (χ0) is 11.3. The molecule has 4 heteroatoms. The van der Waals surface area contributed by atoms with Crippen molar-refractivity contribution in [3.8, 4) is 12.3 Å². The third-order valence-corrected chi connectivity index (χ3v) is 2.56. The van der Waals surface area contributed by atoms with Gasteiger partial charge in [0.2, 0.25) is 5.91 Å². The summed E-state index contributed by atoms with van der Waals surface area (Å²) >= 11 is 0. The minimum Gasteiger partial charge on any atom is -0.469 e. The number of carbonyl (C=O) groups is 2. The van der Waals surface area contributed by atoms with Crippen molar-refractivity contribution in [2.24, 2.45) is 5.92 Å². The van der Waals surface area contributed by atoms with E-state index < -0.39 is 0 Å². The van der Waals surface area contributed by atoms with Gasteiger partial charge in [0.25, 0.3) is 0 Å². The Morgan fingerprint density at radius 3 is 2.93 bits per heavy atom. The van der Waals surface area contributed by atoms with Crippen molar-refractivity contribution < 1.29 is 14.3 Å². The van der Waals surface area contributed by atoms with Gasteiger partial charge < -0.3 is 9.64 Å². The molecule has 1 saturated heterocycles. The lowest BCUT2D eigenvalue weighted by molar-refractivity contribution is -0.148. The highest BCUT2D eigenvalue weighted by Gasteiger charge is 2.28. The van der Waals surface area contributed by atoms with Gasteiger partial charge >= 0.3 is 5.97 Å². The highest BCUT2D eigenvalue weighted by atomic mass is 16.5. The number of amides is 1. The summed E-state index contributed by atoms with van der Waals surface area (Å²) in [4.78, 5) is 24.4. The monoisotopic (exact) mass is 209 g/mol. The molecular weight excluding hydrogens is 194 g/mol. The summed E-state index contributed by atoms with van der Waals surface area (Å²) in [5, 5.41) is 0. The smallest absolute Gasteiger partial charge is 0.310 e. The Labute approximate surface area is 89.6 Å². The summed E-state index contributed by atoms with van der Waals surface area (Å²) in [6, 6.07) is 0. The van der Waals surface area contributed by atoms with Gasteiger partial charge in [-0.3, -0.25) is 9.59 Å². The minimum absolute atomic E-state index is 0.0777. The average molecular weight is 209 g/mol. The van der Waals surface area contributed by atoms with Gasteiger partial charge in [-0.2, -0.15) is 0 Å². The van der Waals surface area contributed by atoms with Gasteiger partial charge in [-0.1, -0.05) is 5.92 Å². The maximum atomic E-state index is 11.5. The molecule has 1 fully saturated rings. The highest BCUT2D eigenvalue weighted by Crippen LogP contribution is 2.18. The lowest BCUT2D eigenvalue weighted by Crippen LogP contribution is -2.42. The zero-order valence-electron chi connectivity index (χ0n) is 8.86. The Kier molecular flexibility index (Phi) is 4.17. The van der Waals surface area contributed by atoms with Crippen LogP contribution < -0.4 is 0 Å². The Bertz CT molecular complexity index is 293. The number of likely N-dealkylation sites (tertiary alicyclic amines) is 1. The summed E-state index contributed by atoms with van der Waals surface area (Å²) in [5.41, 5.74) is 0. The number of nitrogens with zero attached hydrogens (tertiary/aromatic N) is 1. The van der Waals surface area contributed by atoms with Crippen LogP contribution in [0.4, 0.5) is 0 Å². The molecule has 82 valence electrons. The molecule has 1 atom stereocenters. The van der Waals surface area contributed by atoms with Gasteiger partial charge in [0.1, 0.15) is 0 Å².